The minimum Gasteiger partial charge on any atom is -0.354 e. The van der Waals surface area contributed by atoms with Crippen LogP contribution in [0.3, 0.4) is 0 Å². The van der Waals surface area contributed by atoms with E-state index in [9.17, 15) is 14.0 Å². The Kier molecular flexibility index (Phi) is 9.83. The smallest absolute Gasteiger partial charge is 0.243 e. The molecule has 1 unspecified atom stereocenters. The fourth-order valence-electron chi connectivity index (χ4n) is 3.92. The van der Waals surface area contributed by atoms with E-state index >= 15 is 0 Å². The molecule has 4 nitrogen and oxygen atoms in total. The Morgan fingerprint density at radius 1 is 0.824 bits per heavy atom. The van der Waals surface area contributed by atoms with E-state index in [1.54, 1.807) is 17.0 Å². The molecular weight excluding hydrogens is 427 g/mol. The Morgan fingerprint density at radius 2 is 1.44 bits per heavy atom. The number of rotatable bonds is 12. The summed E-state index contributed by atoms with van der Waals surface area (Å²) in [4.78, 5) is 28.6. The largest absolute Gasteiger partial charge is 0.354 e. The second-order valence-electron chi connectivity index (χ2n) is 8.51. The molecule has 2 amide bonds. The molecule has 0 heterocycles. The van der Waals surface area contributed by atoms with E-state index in [0.717, 1.165) is 36.0 Å². The van der Waals surface area contributed by atoms with Crippen molar-refractivity contribution in [2.45, 2.75) is 51.6 Å². The highest BCUT2D eigenvalue weighted by Crippen LogP contribution is 2.17. The monoisotopic (exact) mass is 460 g/mol. The molecule has 0 radical (unpaired) electrons. The Balaban J connectivity index is 1.89. The molecule has 1 N–H and O–H groups in total. The third kappa shape index (κ3) is 7.84. The van der Waals surface area contributed by atoms with Crippen molar-refractivity contribution in [2.24, 2.45) is 0 Å². The Labute approximate surface area is 201 Å². The number of amides is 2. The minimum atomic E-state index is -0.676. The van der Waals surface area contributed by atoms with Crippen molar-refractivity contribution in [3.8, 4) is 0 Å². The zero-order valence-electron chi connectivity index (χ0n) is 19.8. The van der Waals surface area contributed by atoms with Crippen molar-refractivity contribution < 1.29 is 14.0 Å². The number of nitrogens with zero attached hydrogens (tertiary/aromatic N) is 1. The van der Waals surface area contributed by atoms with Gasteiger partial charge in [-0.15, -0.1) is 0 Å². The fraction of sp³-hybridized carbons (Fsp3) is 0.310. The number of nitrogens with one attached hydrogen (secondary N) is 1. The van der Waals surface area contributed by atoms with Crippen molar-refractivity contribution in [2.75, 3.05) is 6.54 Å². The first-order chi connectivity index (χ1) is 16.6. The van der Waals surface area contributed by atoms with Gasteiger partial charge in [0.2, 0.25) is 11.8 Å². The molecule has 0 fully saturated rings. The van der Waals surface area contributed by atoms with Gasteiger partial charge in [-0.2, -0.15) is 0 Å². The zero-order valence-corrected chi connectivity index (χ0v) is 19.8. The molecule has 3 aromatic carbocycles. The van der Waals surface area contributed by atoms with Crippen LogP contribution in [0.1, 0.15) is 42.9 Å². The summed E-state index contributed by atoms with van der Waals surface area (Å²) < 4.78 is 13.5. The quantitative estimate of drug-likeness (QED) is 0.372. The summed E-state index contributed by atoms with van der Waals surface area (Å²) >= 11 is 0. The Bertz CT molecular complexity index is 1020. The topological polar surface area (TPSA) is 49.4 Å². The zero-order chi connectivity index (χ0) is 24.2. The summed E-state index contributed by atoms with van der Waals surface area (Å²) in [7, 11) is 0. The predicted molar refractivity (Wildman–Crippen MR) is 134 cm³/mol. The van der Waals surface area contributed by atoms with Gasteiger partial charge in [0.1, 0.15) is 11.9 Å². The number of carbonyl (C=O) groups excluding carboxylic acids is 2. The molecule has 0 aliphatic heterocycles. The standard InChI is InChI=1S/C29H33FN2O2/c1-2-3-10-19-31-29(34)27(20-23-11-6-4-7-12-23)32(22-25-15-17-26(30)18-16-25)28(33)21-24-13-8-5-9-14-24/h4-9,11-18,27H,2-3,10,19-22H2,1H3,(H,31,34). The number of halogens is 1. The van der Waals surface area contributed by atoms with Crippen LogP contribution in [0, 0.1) is 5.82 Å². The predicted octanol–water partition coefficient (Wildman–Crippen LogP) is 5.31. The molecule has 0 saturated heterocycles. The highest BCUT2D eigenvalue weighted by atomic mass is 19.1. The van der Waals surface area contributed by atoms with Gasteiger partial charge in [-0.25, -0.2) is 4.39 Å². The third-order valence-corrected chi connectivity index (χ3v) is 5.82. The van der Waals surface area contributed by atoms with Crippen molar-refractivity contribution in [3.63, 3.8) is 0 Å². The molecule has 0 saturated carbocycles. The van der Waals surface area contributed by atoms with Crippen LogP contribution in [0.4, 0.5) is 4.39 Å². The van der Waals surface area contributed by atoms with Gasteiger partial charge in [0, 0.05) is 19.5 Å². The minimum absolute atomic E-state index is 0.139. The first kappa shape index (κ1) is 25.2. The van der Waals surface area contributed by atoms with Crippen LogP contribution in [-0.2, 0) is 29.0 Å². The van der Waals surface area contributed by atoms with Crippen LogP contribution in [0.25, 0.3) is 0 Å². The van der Waals surface area contributed by atoms with E-state index in [1.165, 1.54) is 12.1 Å². The summed E-state index contributed by atoms with van der Waals surface area (Å²) in [6.45, 7) is 2.92. The molecule has 1 atom stereocenters. The van der Waals surface area contributed by atoms with Gasteiger partial charge < -0.3 is 10.2 Å². The van der Waals surface area contributed by atoms with Gasteiger partial charge >= 0.3 is 0 Å². The Hall–Kier alpha value is -3.47. The third-order valence-electron chi connectivity index (χ3n) is 5.82. The van der Waals surface area contributed by atoms with Crippen molar-refractivity contribution in [1.82, 2.24) is 10.2 Å². The molecule has 0 aliphatic rings. The van der Waals surface area contributed by atoms with Crippen LogP contribution in [0.2, 0.25) is 0 Å². The fourth-order valence-corrected chi connectivity index (χ4v) is 3.92. The van der Waals surface area contributed by atoms with Crippen LogP contribution in [0.15, 0.2) is 84.9 Å². The van der Waals surface area contributed by atoms with E-state index in [4.69, 9.17) is 0 Å². The number of carbonyl (C=O) groups is 2. The van der Waals surface area contributed by atoms with Gasteiger partial charge in [-0.3, -0.25) is 9.59 Å². The first-order valence-corrected chi connectivity index (χ1v) is 12.0. The van der Waals surface area contributed by atoms with Crippen LogP contribution < -0.4 is 5.32 Å². The summed E-state index contributed by atoms with van der Waals surface area (Å²) in [6, 6.07) is 24.7. The number of benzene rings is 3. The molecule has 5 heteroatoms. The molecule has 3 aromatic rings. The molecule has 0 bridgehead atoms. The van der Waals surface area contributed by atoms with Gasteiger partial charge in [0.15, 0.2) is 0 Å². The van der Waals surface area contributed by atoms with E-state index < -0.39 is 6.04 Å². The lowest BCUT2D eigenvalue weighted by molar-refractivity contribution is -0.140. The first-order valence-electron chi connectivity index (χ1n) is 12.0. The molecular formula is C29H33FN2O2. The highest BCUT2D eigenvalue weighted by molar-refractivity contribution is 5.88. The van der Waals surface area contributed by atoms with E-state index in [-0.39, 0.29) is 30.6 Å². The molecule has 0 aliphatic carbocycles. The lowest BCUT2D eigenvalue weighted by atomic mass is 10.0. The molecule has 34 heavy (non-hydrogen) atoms. The van der Waals surface area contributed by atoms with Crippen LogP contribution >= 0.6 is 0 Å². The van der Waals surface area contributed by atoms with Gasteiger partial charge in [-0.1, -0.05) is 92.6 Å². The number of hydrogen-bond acceptors (Lipinski definition) is 2. The average Bonchev–Trinajstić information content (AvgIpc) is 2.86. The number of hydrogen-bond donors (Lipinski definition) is 1. The van der Waals surface area contributed by atoms with Crippen molar-refractivity contribution >= 4 is 11.8 Å². The molecule has 0 aromatic heterocycles. The van der Waals surface area contributed by atoms with Crippen LogP contribution in [-0.4, -0.2) is 29.3 Å². The highest BCUT2D eigenvalue weighted by Gasteiger charge is 2.30. The molecule has 178 valence electrons. The van der Waals surface area contributed by atoms with Crippen molar-refractivity contribution in [3.05, 3.63) is 107 Å². The van der Waals surface area contributed by atoms with Crippen LogP contribution in [0.5, 0.6) is 0 Å². The van der Waals surface area contributed by atoms with Gasteiger partial charge in [0.05, 0.1) is 6.42 Å². The lowest BCUT2D eigenvalue weighted by Crippen LogP contribution is -2.51. The Morgan fingerprint density at radius 3 is 2.06 bits per heavy atom. The SMILES string of the molecule is CCCCCNC(=O)C(Cc1ccccc1)N(Cc1ccc(F)cc1)C(=O)Cc1ccccc1. The average molecular weight is 461 g/mol. The molecule has 3 rings (SSSR count). The van der Waals surface area contributed by atoms with E-state index in [0.29, 0.717) is 13.0 Å². The van der Waals surface area contributed by atoms with E-state index in [2.05, 4.69) is 12.2 Å². The second-order valence-corrected chi connectivity index (χ2v) is 8.51. The summed E-state index contributed by atoms with van der Waals surface area (Å²) in [5.74, 6) is -0.635. The van der Waals surface area contributed by atoms with E-state index in [1.807, 2.05) is 60.7 Å². The van der Waals surface area contributed by atoms with Gasteiger partial charge in [0.25, 0.3) is 0 Å². The lowest BCUT2D eigenvalue weighted by Gasteiger charge is -2.31. The maximum absolute atomic E-state index is 13.6. The normalized spacial score (nSPS) is 11.6. The maximum Gasteiger partial charge on any atom is 0.243 e. The summed E-state index contributed by atoms with van der Waals surface area (Å²) in [6.07, 6.45) is 3.60. The number of unbranched alkanes of at least 4 members (excludes halogenated alkanes) is 2. The summed E-state index contributed by atoms with van der Waals surface area (Å²) in [5.41, 5.74) is 2.64. The van der Waals surface area contributed by atoms with Gasteiger partial charge in [-0.05, 0) is 35.2 Å². The summed E-state index contributed by atoms with van der Waals surface area (Å²) in [5, 5.41) is 3.04. The van der Waals surface area contributed by atoms with Crippen molar-refractivity contribution in [1.29, 1.82) is 0 Å². The maximum atomic E-state index is 13.6. The molecule has 0 spiro atoms. The second kappa shape index (κ2) is 13.3.